The van der Waals surface area contributed by atoms with Crippen molar-refractivity contribution >= 4 is 0 Å². The van der Waals surface area contributed by atoms with E-state index < -0.39 is 0 Å². The Morgan fingerprint density at radius 2 is 1.12 bits per heavy atom. The van der Waals surface area contributed by atoms with Gasteiger partial charge in [0.1, 0.15) is 5.82 Å². The lowest BCUT2D eigenvalue weighted by molar-refractivity contribution is 0.0592. The first-order chi connectivity index (χ1) is 20.4. The van der Waals surface area contributed by atoms with E-state index in [9.17, 15) is 0 Å². The van der Waals surface area contributed by atoms with Gasteiger partial charge in [-0.3, -0.25) is 9.80 Å². The van der Waals surface area contributed by atoms with Gasteiger partial charge in [-0.05, 0) is 45.9 Å². The van der Waals surface area contributed by atoms with Gasteiger partial charge in [-0.1, -0.05) is 134 Å². The first kappa shape index (κ1) is 31.2. The van der Waals surface area contributed by atoms with Crippen molar-refractivity contribution in [3.8, 4) is 11.4 Å². The topological polar surface area (TPSA) is 35.2 Å². The Labute approximate surface area is 260 Å². The molecule has 1 saturated heterocycles. The molecule has 228 valence electrons. The van der Waals surface area contributed by atoms with Gasteiger partial charge in [0.15, 0.2) is 0 Å². The number of aromatic nitrogens is 2. The summed E-state index contributed by atoms with van der Waals surface area (Å²) in [7, 11) is 0. The van der Waals surface area contributed by atoms with Crippen LogP contribution in [0, 0.1) is 12.8 Å². The molecule has 1 aliphatic heterocycles. The third-order valence-corrected chi connectivity index (χ3v) is 9.12. The number of benzene rings is 3. The summed E-state index contributed by atoms with van der Waals surface area (Å²) in [5.74, 6) is 1.42. The molecule has 1 N–H and O–H groups in total. The highest BCUT2D eigenvalue weighted by molar-refractivity contribution is 5.56. The fraction of sp³-hybridized carbons (Fsp3) is 0.462. The fourth-order valence-electron chi connectivity index (χ4n) is 7.08. The Hall–Kier alpha value is -3.21. The number of aryl methyl sites for hydroxylation is 1. The van der Waals surface area contributed by atoms with Crippen LogP contribution in [0.3, 0.4) is 0 Å². The maximum atomic E-state index is 5.19. The average Bonchev–Trinajstić information content (AvgIpc) is 3.34. The summed E-state index contributed by atoms with van der Waals surface area (Å²) in [5, 5.41) is 0. The van der Waals surface area contributed by atoms with E-state index in [1.807, 2.05) is 0 Å². The lowest BCUT2D eigenvalue weighted by Crippen LogP contribution is -2.50. The number of piperazine rings is 1. The van der Waals surface area contributed by atoms with E-state index in [-0.39, 0.29) is 22.9 Å². The van der Waals surface area contributed by atoms with E-state index in [4.69, 9.17) is 4.98 Å². The highest BCUT2D eigenvalue weighted by Gasteiger charge is 2.36. The lowest BCUT2D eigenvalue weighted by atomic mass is 9.76. The predicted molar refractivity (Wildman–Crippen MR) is 182 cm³/mol. The Balaban J connectivity index is 1.49. The van der Waals surface area contributed by atoms with E-state index in [0.717, 1.165) is 37.6 Å². The van der Waals surface area contributed by atoms with E-state index >= 15 is 0 Å². The number of rotatable bonds is 7. The zero-order chi connectivity index (χ0) is 30.9. The molecule has 1 aliphatic rings. The standard InChI is InChI=1S/C39H52N4/c1-27(2)35(34-28(3)40-37(41-34)29-17-11-10-12-18-29)42-23-25-43(26-24-42)36(30-19-13-15-21-32(30)38(4,5)6)31-20-14-16-22-33(31)39(7,8)9/h10-22,27,35-36H,23-26H2,1-9H3,(H,40,41). The number of H-pyrrole nitrogens is 1. The molecule has 0 amide bonds. The number of imidazole rings is 1. The molecule has 0 saturated carbocycles. The van der Waals surface area contributed by atoms with Crippen molar-refractivity contribution < 1.29 is 0 Å². The zero-order valence-electron chi connectivity index (χ0n) is 27.9. The fourth-order valence-corrected chi connectivity index (χ4v) is 7.08. The highest BCUT2D eigenvalue weighted by atomic mass is 15.3. The summed E-state index contributed by atoms with van der Waals surface area (Å²) in [5.41, 5.74) is 9.38. The molecule has 4 nitrogen and oxygen atoms in total. The second kappa shape index (κ2) is 12.4. The molecule has 0 spiro atoms. The van der Waals surface area contributed by atoms with Gasteiger partial charge in [0.2, 0.25) is 0 Å². The van der Waals surface area contributed by atoms with Crippen LogP contribution in [0.5, 0.6) is 0 Å². The summed E-state index contributed by atoms with van der Waals surface area (Å²) < 4.78 is 0. The van der Waals surface area contributed by atoms with Gasteiger partial charge in [-0.15, -0.1) is 0 Å². The van der Waals surface area contributed by atoms with Crippen molar-refractivity contribution in [2.45, 2.75) is 85.2 Å². The van der Waals surface area contributed by atoms with Crippen molar-refractivity contribution in [3.63, 3.8) is 0 Å². The maximum absolute atomic E-state index is 5.19. The molecular weight excluding hydrogens is 524 g/mol. The Morgan fingerprint density at radius 3 is 1.60 bits per heavy atom. The van der Waals surface area contributed by atoms with Gasteiger partial charge in [-0.25, -0.2) is 4.98 Å². The van der Waals surface area contributed by atoms with Crippen molar-refractivity contribution in [1.29, 1.82) is 0 Å². The first-order valence-corrected chi connectivity index (χ1v) is 16.1. The highest BCUT2D eigenvalue weighted by Crippen LogP contribution is 2.41. The number of nitrogens with zero attached hydrogens (tertiary/aromatic N) is 3. The molecule has 5 rings (SSSR count). The number of nitrogens with one attached hydrogen (secondary N) is 1. The quantitative estimate of drug-likeness (QED) is 0.238. The van der Waals surface area contributed by atoms with Crippen LogP contribution in [0.1, 0.15) is 101 Å². The van der Waals surface area contributed by atoms with Gasteiger partial charge in [0.25, 0.3) is 0 Å². The second-order valence-electron chi connectivity index (χ2n) is 14.8. The molecule has 43 heavy (non-hydrogen) atoms. The Bertz CT molecular complexity index is 1440. The van der Waals surface area contributed by atoms with Gasteiger partial charge in [0, 0.05) is 37.4 Å². The maximum Gasteiger partial charge on any atom is 0.137 e. The molecule has 2 heterocycles. The summed E-state index contributed by atoms with van der Waals surface area (Å²) in [6.07, 6.45) is 0. The largest absolute Gasteiger partial charge is 0.342 e. The Kier molecular flexibility index (Phi) is 9.02. The van der Waals surface area contributed by atoms with Crippen LogP contribution in [0.25, 0.3) is 11.4 Å². The van der Waals surface area contributed by atoms with Gasteiger partial charge in [0.05, 0.1) is 17.8 Å². The summed E-state index contributed by atoms with van der Waals surface area (Å²) in [6, 6.07) is 29.3. The predicted octanol–water partition coefficient (Wildman–Crippen LogP) is 9.08. The minimum atomic E-state index is 0.0595. The number of aromatic amines is 1. The molecule has 1 fully saturated rings. The molecule has 4 heteroatoms. The minimum Gasteiger partial charge on any atom is -0.342 e. The molecule has 4 aromatic rings. The van der Waals surface area contributed by atoms with Crippen LogP contribution >= 0.6 is 0 Å². The van der Waals surface area contributed by atoms with Crippen LogP contribution < -0.4 is 0 Å². The average molecular weight is 577 g/mol. The van der Waals surface area contributed by atoms with E-state index in [0.29, 0.717) is 5.92 Å². The molecule has 0 radical (unpaired) electrons. The minimum absolute atomic E-state index is 0.0595. The molecule has 1 aromatic heterocycles. The van der Waals surface area contributed by atoms with Crippen molar-refractivity contribution in [2.75, 3.05) is 26.2 Å². The molecule has 0 bridgehead atoms. The molecule has 1 unspecified atom stereocenters. The van der Waals surface area contributed by atoms with Crippen LogP contribution in [0.15, 0.2) is 78.9 Å². The van der Waals surface area contributed by atoms with Gasteiger partial charge < -0.3 is 4.98 Å². The smallest absolute Gasteiger partial charge is 0.137 e. The van der Waals surface area contributed by atoms with Gasteiger partial charge >= 0.3 is 0 Å². The monoisotopic (exact) mass is 576 g/mol. The van der Waals surface area contributed by atoms with Crippen LogP contribution in [-0.2, 0) is 10.8 Å². The normalized spacial score (nSPS) is 16.3. The third kappa shape index (κ3) is 6.66. The van der Waals surface area contributed by atoms with Gasteiger partial charge in [-0.2, -0.15) is 0 Å². The first-order valence-electron chi connectivity index (χ1n) is 16.1. The summed E-state index contributed by atoms with van der Waals surface area (Å²) in [4.78, 5) is 14.2. The zero-order valence-corrected chi connectivity index (χ0v) is 27.9. The molecule has 3 aromatic carbocycles. The Morgan fingerprint density at radius 1 is 0.651 bits per heavy atom. The van der Waals surface area contributed by atoms with Crippen molar-refractivity contribution in [2.24, 2.45) is 5.92 Å². The lowest BCUT2D eigenvalue weighted by Gasteiger charge is -2.45. The van der Waals surface area contributed by atoms with Crippen molar-refractivity contribution in [1.82, 2.24) is 19.8 Å². The van der Waals surface area contributed by atoms with E-state index in [1.165, 1.54) is 33.6 Å². The second-order valence-corrected chi connectivity index (χ2v) is 14.8. The molecular formula is C39H52N4. The van der Waals surface area contributed by atoms with E-state index in [1.54, 1.807) is 0 Å². The SMILES string of the molecule is Cc1[nH]c(-c2ccccc2)nc1C(C(C)C)N1CCN(C(c2ccccc2C(C)(C)C)c2ccccc2C(C)(C)C)CC1. The molecule has 1 atom stereocenters. The number of hydrogen-bond acceptors (Lipinski definition) is 3. The van der Waals surface area contributed by atoms with Crippen LogP contribution in [0.2, 0.25) is 0 Å². The van der Waals surface area contributed by atoms with Crippen molar-refractivity contribution in [3.05, 3.63) is 113 Å². The third-order valence-electron chi connectivity index (χ3n) is 9.12. The van der Waals surface area contributed by atoms with Crippen LogP contribution in [-0.4, -0.2) is 45.9 Å². The van der Waals surface area contributed by atoms with E-state index in [2.05, 4.69) is 156 Å². The van der Waals surface area contributed by atoms with Crippen LogP contribution in [0.4, 0.5) is 0 Å². The number of hydrogen-bond donors (Lipinski definition) is 1. The summed E-state index contributed by atoms with van der Waals surface area (Å²) in [6.45, 7) is 25.0. The summed E-state index contributed by atoms with van der Waals surface area (Å²) >= 11 is 0. The molecule has 0 aliphatic carbocycles.